The van der Waals surface area contributed by atoms with Crippen LogP contribution in [0.25, 0.3) is 5.69 Å². The van der Waals surface area contributed by atoms with Crippen LogP contribution < -0.4 is 4.90 Å². The van der Waals surface area contributed by atoms with E-state index in [1.807, 2.05) is 62.0 Å². The molecule has 2 heterocycles. The van der Waals surface area contributed by atoms with Crippen LogP contribution in [0.4, 0.5) is 5.69 Å². The van der Waals surface area contributed by atoms with Gasteiger partial charge in [-0.3, -0.25) is 0 Å². The minimum atomic E-state index is -0.511. The SMILES string of the molecule is CCC1C2CC(CC2OCc2c(C3CC3)cnn2-c2c(Cl)cccc2Cl)N1c1ccc(C(=O)OC(C)(C)C)cc1. The first-order valence-electron chi connectivity index (χ1n) is 14.4. The van der Waals surface area contributed by atoms with Crippen molar-refractivity contribution in [2.45, 2.75) is 96.1 Å². The fourth-order valence-electron chi connectivity index (χ4n) is 6.65. The van der Waals surface area contributed by atoms with Gasteiger partial charge in [-0.05, 0) is 101 Å². The van der Waals surface area contributed by atoms with Crippen molar-refractivity contribution in [1.82, 2.24) is 9.78 Å². The molecule has 2 aromatic carbocycles. The molecule has 4 unspecified atom stereocenters. The summed E-state index contributed by atoms with van der Waals surface area (Å²) < 4.78 is 14.1. The molecule has 0 amide bonds. The highest BCUT2D eigenvalue weighted by Gasteiger charge is 2.51. The average Bonchev–Trinajstić information content (AvgIpc) is 3.39. The van der Waals surface area contributed by atoms with Crippen LogP contribution in [-0.4, -0.2) is 39.5 Å². The maximum absolute atomic E-state index is 12.5. The first-order valence-corrected chi connectivity index (χ1v) is 15.1. The van der Waals surface area contributed by atoms with Crippen molar-refractivity contribution in [3.05, 3.63) is 75.5 Å². The van der Waals surface area contributed by atoms with Crippen molar-refractivity contribution >= 4 is 34.9 Å². The Kier molecular flexibility index (Phi) is 7.39. The van der Waals surface area contributed by atoms with Gasteiger partial charge in [-0.25, -0.2) is 9.48 Å². The van der Waals surface area contributed by atoms with E-state index in [1.165, 1.54) is 18.4 Å². The number of para-hydroxylation sites is 1. The zero-order valence-electron chi connectivity index (χ0n) is 23.6. The van der Waals surface area contributed by atoms with E-state index in [4.69, 9.17) is 37.8 Å². The van der Waals surface area contributed by atoms with Crippen LogP contribution >= 0.6 is 23.2 Å². The highest BCUT2D eigenvalue weighted by atomic mass is 35.5. The van der Waals surface area contributed by atoms with E-state index < -0.39 is 5.60 Å². The van der Waals surface area contributed by atoms with Gasteiger partial charge in [0.1, 0.15) is 11.3 Å². The standard InChI is InChI=1S/C32H37Cl2N3O3/c1-5-27-23-15-22(36(27)21-13-11-20(12-14-21)31(38)40-32(2,3)4)16-29(23)39-18-28-24(19-9-10-19)17-35-37(28)30-25(33)7-6-8-26(30)34/h6-8,11-14,17,19,22-23,27,29H,5,9-10,15-16,18H2,1-4H3. The molecule has 212 valence electrons. The predicted octanol–water partition coefficient (Wildman–Crippen LogP) is 7.97. The smallest absolute Gasteiger partial charge is 0.338 e. The summed E-state index contributed by atoms with van der Waals surface area (Å²) >= 11 is 13.1. The van der Waals surface area contributed by atoms with Crippen molar-refractivity contribution in [3.8, 4) is 5.69 Å². The van der Waals surface area contributed by atoms with Crippen molar-refractivity contribution in [3.63, 3.8) is 0 Å². The normalized spacial score (nSPS) is 24.1. The molecule has 0 radical (unpaired) electrons. The molecule has 3 fully saturated rings. The van der Waals surface area contributed by atoms with Gasteiger partial charge in [-0.15, -0.1) is 0 Å². The second kappa shape index (κ2) is 10.7. The molecule has 2 bridgehead atoms. The van der Waals surface area contributed by atoms with Gasteiger partial charge < -0.3 is 14.4 Å². The lowest BCUT2D eigenvalue weighted by Crippen LogP contribution is -2.46. The molecule has 40 heavy (non-hydrogen) atoms. The third-order valence-corrected chi connectivity index (χ3v) is 9.10. The minimum Gasteiger partial charge on any atom is -0.456 e. The fraction of sp³-hybridized carbons (Fsp3) is 0.500. The van der Waals surface area contributed by atoms with Gasteiger partial charge in [0.15, 0.2) is 0 Å². The Morgan fingerprint density at radius 1 is 1.05 bits per heavy atom. The summed E-state index contributed by atoms with van der Waals surface area (Å²) in [7, 11) is 0. The summed E-state index contributed by atoms with van der Waals surface area (Å²) in [6.45, 7) is 8.40. The number of rotatable bonds is 8. The van der Waals surface area contributed by atoms with Crippen molar-refractivity contribution in [1.29, 1.82) is 0 Å². The van der Waals surface area contributed by atoms with Crippen LogP contribution in [0.2, 0.25) is 10.0 Å². The number of hydrogen-bond acceptors (Lipinski definition) is 5. The maximum Gasteiger partial charge on any atom is 0.338 e. The lowest BCUT2D eigenvalue weighted by atomic mass is 9.93. The molecule has 8 heteroatoms. The van der Waals surface area contributed by atoms with E-state index in [-0.39, 0.29) is 12.1 Å². The first kappa shape index (κ1) is 27.6. The van der Waals surface area contributed by atoms with Crippen LogP contribution in [0.15, 0.2) is 48.7 Å². The Morgan fingerprint density at radius 3 is 2.38 bits per heavy atom. The third kappa shape index (κ3) is 5.26. The fourth-order valence-corrected chi connectivity index (χ4v) is 7.21. The Hall–Kier alpha value is -2.54. The van der Waals surface area contributed by atoms with Crippen LogP contribution in [0, 0.1) is 5.92 Å². The lowest BCUT2D eigenvalue weighted by Gasteiger charge is -2.40. The van der Waals surface area contributed by atoms with E-state index in [0.717, 1.165) is 36.3 Å². The topological polar surface area (TPSA) is 56.6 Å². The molecule has 0 N–H and O–H groups in total. The summed E-state index contributed by atoms with van der Waals surface area (Å²) in [5, 5.41) is 5.87. The predicted molar refractivity (Wildman–Crippen MR) is 159 cm³/mol. The molecule has 2 aliphatic carbocycles. The number of ether oxygens (including phenoxy) is 2. The number of nitrogens with zero attached hydrogens (tertiary/aromatic N) is 3. The van der Waals surface area contributed by atoms with E-state index >= 15 is 0 Å². The minimum absolute atomic E-state index is 0.185. The van der Waals surface area contributed by atoms with E-state index in [9.17, 15) is 4.79 Å². The molecular weight excluding hydrogens is 545 g/mol. The number of halogens is 2. The maximum atomic E-state index is 12.5. The second-order valence-electron chi connectivity index (χ2n) is 12.4. The highest BCUT2D eigenvalue weighted by Crippen LogP contribution is 2.48. The summed E-state index contributed by atoms with van der Waals surface area (Å²) in [5.41, 5.74) is 4.26. The number of carbonyl (C=O) groups excluding carboxylic acids is 1. The molecular formula is C32H37Cl2N3O3. The summed E-state index contributed by atoms with van der Waals surface area (Å²) in [6, 6.07) is 14.3. The number of esters is 1. The van der Waals surface area contributed by atoms with Crippen molar-refractivity contribution in [2.75, 3.05) is 4.90 Å². The zero-order chi connectivity index (χ0) is 28.2. The molecule has 4 atom stereocenters. The number of benzene rings is 2. The van der Waals surface area contributed by atoms with Crippen LogP contribution in [0.3, 0.4) is 0 Å². The Bertz CT molecular complexity index is 1370. The van der Waals surface area contributed by atoms with E-state index in [0.29, 0.717) is 46.1 Å². The zero-order valence-corrected chi connectivity index (χ0v) is 25.1. The molecule has 1 aliphatic heterocycles. The Morgan fingerprint density at radius 2 is 1.75 bits per heavy atom. The van der Waals surface area contributed by atoms with Gasteiger partial charge in [-0.1, -0.05) is 36.2 Å². The van der Waals surface area contributed by atoms with Gasteiger partial charge in [0.2, 0.25) is 0 Å². The molecule has 0 spiro atoms. The Balaban J connectivity index is 1.17. The number of fused-ring (bicyclic) bond motifs is 2. The average molecular weight is 583 g/mol. The number of carbonyl (C=O) groups is 1. The molecule has 3 aliphatic rings. The van der Waals surface area contributed by atoms with E-state index in [2.05, 4.69) is 24.0 Å². The van der Waals surface area contributed by atoms with E-state index in [1.54, 1.807) is 0 Å². The first-order chi connectivity index (χ1) is 19.1. The van der Waals surface area contributed by atoms with Gasteiger partial charge in [0.25, 0.3) is 0 Å². The molecule has 6 rings (SSSR count). The molecule has 1 saturated heterocycles. The number of anilines is 1. The second-order valence-corrected chi connectivity index (χ2v) is 13.2. The Labute approximate surface area is 246 Å². The molecule has 2 saturated carbocycles. The third-order valence-electron chi connectivity index (χ3n) is 8.49. The van der Waals surface area contributed by atoms with Gasteiger partial charge >= 0.3 is 5.97 Å². The summed E-state index contributed by atoms with van der Waals surface area (Å²) in [5.74, 6) is 0.701. The van der Waals surface area contributed by atoms with Gasteiger partial charge in [-0.2, -0.15) is 5.10 Å². The van der Waals surface area contributed by atoms with Crippen LogP contribution in [0.5, 0.6) is 0 Å². The van der Waals surface area contributed by atoms with Crippen molar-refractivity contribution in [2.24, 2.45) is 5.92 Å². The lowest BCUT2D eigenvalue weighted by molar-refractivity contribution is -0.000566. The monoisotopic (exact) mass is 581 g/mol. The van der Waals surface area contributed by atoms with Crippen LogP contribution in [0.1, 0.15) is 87.3 Å². The largest absolute Gasteiger partial charge is 0.456 e. The van der Waals surface area contributed by atoms with Gasteiger partial charge in [0, 0.05) is 23.7 Å². The van der Waals surface area contributed by atoms with Crippen molar-refractivity contribution < 1.29 is 14.3 Å². The quantitative estimate of drug-likeness (QED) is 0.252. The number of aromatic nitrogens is 2. The molecule has 3 aromatic rings. The summed E-state index contributed by atoms with van der Waals surface area (Å²) in [6.07, 6.45) is 7.65. The highest BCUT2D eigenvalue weighted by molar-refractivity contribution is 6.37. The van der Waals surface area contributed by atoms with Gasteiger partial charge in [0.05, 0.1) is 40.2 Å². The molecule has 1 aromatic heterocycles. The summed E-state index contributed by atoms with van der Waals surface area (Å²) in [4.78, 5) is 15.1. The number of piperidine rings is 1. The van der Waals surface area contributed by atoms with Crippen LogP contribution in [-0.2, 0) is 16.1 Å². The molecule has 6 nitrogen and oxygen atoms in total. The number of hydrogen-bond donors (Lipinski definition) is 0.